The van der Waals surface area contributed by atoms with Crippen LogP contribution < -0.4 is 14.8 Å². The minimum absolute atomic E-state index is 0.0189. The molecule has 3 aromatic carbocycles. The van der Waals surface area contributed by atoms with E-state index in [1.807, 2.05) is 65.4 Å². The van der Waals surface area contributed by atoms with Crippen LogP contribution >= 0.6 is 11.3 Å². The maximum Gasteiger partial charge on any atom is 0.303 e. The first-order valence-electron chi connectivity index (χ1n) is 13.2. The van der Waals surface area contributed by atoms with Gasteiger partial charge in [0.1, 0.15) is 18.1 Å². The van der Waals surface area contributed by atoms with Gasteiger partial charge in [-0.05, 0) is 76.2 Å². The third-order valence-electron chi connectivity index (χ3n) is 6.32. The van der Waals surface area contributed by atoms with Crippen LogP contribution in [-0.4, -0.2) is 34.7 Å². The van der Waals surface area contributed by atoms with Crippen molar-refractivity contribution >= 4 is 29.2 Å². The van der Waals surface area contributed by atoms with Crippen molar-refractivity contribution in [1.82, 2.24) is 5.32 Å². The Hall–Kier alpha value is -4.63. The molecule has 0 saturated heterocycles. The van der Waals surface area contributed by atoms with Gasteiger partial charge in [-0.3, -0.25) is 14.4 Å². The Bertz CT molecular complexity index is 1470. The molecule has 8 nitrogen and oxygen atoms in total. The Labute approximate surface area is 242 Å². The zero-order valence-corrected chi connectivity index (χ0v) is 23.2. The summed E-state index contributed by atoms with van der Waals surface area (Å²) in [6, 6.07) is 22.4. The van der Waals surface area contributed by atoms with Gasteiger partial charge in [-0.15, -0.1) is 0 Å². The molecule has 0 saturated carbocycles. The zero-order chi connectivity index (χ0) is 29.0. The van der Waals surface area contributed by atoms with E-state index in [-0.39, 0.29) is 38.4 Å². The van der Waals surface area contributed by atoms with Crippen LogP contribution in [0.5, 0.6) is 11.5 Å². The number of thiophene rings is 1. The summed E-state index contributed by atoms with van der Waals surface area (Å²) in [6.45, 7) is 0.713. The van der Waals surface area contributed by atoms with Crippen LogP contribution in [0.4, 0.5) is 0 Å². The lowest BCUT2D eigenvalue weighted by atomic mass is 10.0. The van der Waals surface area contributed by atoms with Crippen LogP contribution in [0.3, 0.4) is 0 Å². The van der Waals surface area contributed by atoms with Gasteiger partial charge < -0.3 is 25.0 Å². The summed E-state index contributed by atoms with van der Waals surface area (Å²) >= 11 is 1.56. The monoisotopic (exact) mass is 573 g/mol. The van der Waals surface area contributed by atoms with Gasteiger partial charge in [-0.25, -0.2) is 0 Å². The zero-order valence-electron chi connectivity index (χ0n) is 22.4. The smallest absolute Gasteiger partial charge is 0.303 e. The highest BCUT2D eigenvalue weighted by Gasteiger charge is 2.15. The average molecular weight is 574 g/mol. The van der Waals surface area contributed by atoms with Gasteiger partial charge in [0.25, 0.3) is 5.91 Å². The largest absolute Gasteiger partial charge is 0.493 e. The van der Waals surface area contributed by atoms with E-state index in [9.17, 15) is 19.5 Å². The van der Waals surface area contributed by atoms with Gasteiger partial charge in [-0.1, -0.05) is 42.5 Å². The summed E-state index contributed by atoms with van der Waals surface area (Å²) in [4.78, 5) is 35.3. The Balaban J connectivity index is 1.54. The molecular weight excluding hydrogens is 542 g/mol. The second-order valence-corrected chi connectivity index (χ2v) is 10.1. The maximum absolute atomic E-state index is 13.1. The minimum Gasteiger partial charge on any atom is -0.493 e. The number of rotatable bonds is 15. The first-order valence-corrected chi connectivity index (χ1v) is 14.1. The number of benzene rings is 3. The van der Waals surface area contributed by atoms with Gasteiger partial charge in [0.2, 0.25) is 0 Å². The summed E-state index contributed by atoms with van der Waals surface area (Å²) in [5, 5.41) is 25.1. The topological polar surface area (TPSA) is 122 Å². The maximum atomic E-state index is 13.1. The lowest BCUT2D eigenvalue weighted by molar-refractivity contribution is -0.138. The summed E-state index contributed by atoms with van der Waals surface area (Å²) < 4.78 is 12.0. The van der Waals surface area contributed by atoms with Gasteiger partial charge in [0, 0.05) is 30.5 Å². The Morgan fingerprint density at radius 1 is 0.829 bits per heavy atom. The molecule has 0 atom stereocenters. The van der Waals surface area contributed by atoms with E-state index in [0.29, 0.717) is 35.6 Å². The third kappa shape index (κ3) is 8.94. The van der Waals surface area contributed by atoms with Crippen molar-refractivity contribution in [3.63, 3.8) is 0 Å². The van der Waals surface area contributed by atoms with Gasteiger partial charge in [0.15, 0.2) is 0 Å². The first kappa shape index (κ1) is 29.4. The van der Waals surface area contributed by atoms with Crippen molar-refractivity contribution < 1.29 is 34.1 Å². The minimum atomic E-state index is -0.938. The van der Waals surface area contributed by atoms with Gasteiger partial charge >= 0.3 is 11.9 Å². The Morgan fingerprint density at radius 2 is 1.63 bits per heavy atom. The van der Waals surface area contributed by atoms with Crippen molar-refractivity contribution in [2.45, 2.75) is 38.8 Å². The molecule has 0 aliphatic rings. The number of carboxylic acids is 2. The fourth-order valence-electron chi connectivity index (χ4n) is 4.25. The number of hydrogen-bond acceptors (Lipinski definition) is 6. The van der Waals surface area contributed by atoms with Crippen LogP contribution in [0, 0.1) is 0 Å². The molecule has 4 rings (SSSR count). The lowest BCUT2D eigenvalue weighted by Gasteiger charge is -2.17. The van der Waals surface area contributed by atoms with Crippen LogP contribution in [-0.2, 0) is 29.2 Å². The quantitative estimate of drug-likeness (QED) is 0.145. The second kappa shape index (κ2) is 14.7. The van der Waals surface area contributed by atoms with Crippen molar-refractivity contribution in [2.75, 3.05) is 6.61 Å². The standard InChI is InChI=1S/C32H31NO7S/c34-30(35)10-5-14-39-29-9-4-8-23(28(29)11-12-31(36)37)20-40-27-17-25(24-13-15-41-21-24)16-26(18-27)32(38)33-19-22-6-2-1-3-7-22/h1-4,6-9,13,15-18,21H,5,10-12,14,19-20H2,(H,33,38)(H,34,35)(H,36,37). The first-order chi connectivity index (χ1) is 19.9. The number of carbonyl (C=O) groups excluding carboxylic acids is 1. The predicted octanol–water partition coefficient (Wildman–Crippen LogP) is 6.18. The van der Waals surface area contributed by atoms with E-state index in [0.717, 1.165) is 22.3 Å². The molecule has 0 unspecified atom stereocenters. The van der Waals surface area contributed by atoms with Crippen LogP contribution in [0.2, 0.25) is 0 Å². The molecule has 9 heteroatoms. The van der Waals surface area contributed by atoms with E-state index < -0.39 is 11.9 Å². The Morgan fingerprint density at radius 3 is 2.37 bits per heavy atom. The second-order valence-electron chi connectivity index (χ2n) is 9.35. The molecule has 0 bridgehead atoms. The fourth-order valence-corrected chi connectivity index (χ4v) is 4.92. The van der Waals surface area contributed by atoms with Gasteiger partial charge in [-0.2, -0.15) is 11.3 Å². The molecule has 212 valence electrons. The number of aliphatic carboxylic acids is 2. The lowest BCUT2D eigenvalue weighted by Crippen LogP contribution is -2.22. The summed E-state index contributed by atoms with van der Waals surface area (Å²) in [7, 11) is 0. The summed E-state index contributed by atoms with van der Waals surface area (Å²) in [5.41, 5.74) is 4.70. The summed E-state index contributed by atoms with van der Waals surface area (Å²) in [5.74, 6) is -1.07. The van der Waals surface area contributed by atoms with Crippen molar-refractivity contribution in [1.29, 1.82) is 0 Å². The molecule has 0 spiro atoms. The van der Waals surface area contributed by atoms with E-state index in [1.54, 1.807) is 29.5 Å². The van der Waals surface area contributed by atoms with E-state index in [1.165, 1.54) is 0 Å². The van der Waals surface area contributed by atoms with Crippen molar-refractivity contribution in [3.8, 4) is 22.6 Å². The molecule has 1 aromatic heterocycles. The normalized spacial score (nSPS) is 10.6. The van der Waals surface area contributed by atoms with E-state index in [4.69, 9.17) is 14.6 Å². The highest BCUT2D eigenvalue weighted by atomic mass is 32.1. The number of amides is 1. The fraction of sp³-hybridized carbons (Fsp3) is 0.219. The van der Waals surface area contributed by atoms with Crippen molar-refractivity contribution in [2.24, 2.45) is 0 Å². The Kier molecular flexibility index (Phi) is 10.5. The van der Waals surface area contributed by atoms with Crippen LogP contribution in [0.1, 0.15) is 46.3 Å². The third-order valence-corrected chi connectivity index (χ3v) is 7.01. The van der Waals surface area contributed by atoms with Crippen molar-refractivity contribution in [3.05, 3.63) is 106 Å². The predicted molar refractivity (Wildman–Crippen MR) is 156 cm³/mol. The number of ether oxygens (including phenoxy) is 2. The number of carboxylic acid groups (broad SMARTS) is 2. The molecule has 0 radical (unpaired) electrons. The average Bonchev–Trinajstić information content (AvgIpc) is 3.52. The molecule has 41 heavy (non-hydrogen) atoms. The molecule has 0 aliphatic heterocycles. The molecular formula is C32H31NO7S. The van der Waals surface area contributed by atoms with Gasteiger partial charge in [0.05, 0.1) is 6.61 Å². The van der Waals surface area contributed by atoms with Crippen LogP contribution in [0.15, 0.2) is 83.6 Å². The molecule has 0 aliphatic carbocycles. The molecule has 1 amide bonds. The van der Waals surface area contributed by atoms with E-state index >= 15 is 0 Å². The van der Waals surface area contributed by atoms with Crippen LogP contribution in [0.25, 0.3) is 11.1 Å². The summed E-state index contributed by atoms with van der Waals surface area (Å²) in [6.07, 6.45) is 0.445. The highest BCUT2D eigenvalue weighted by molar-refractivity contribution is 7.08. The number of nitrogens with one attached hydrogen (secondary N) is 1. The highest BCUT2D eigenvalue weighted by Crippen LogP contribution is 2.30. The molecule has 4 aromatic rings. The molecule has 0 fully saturated rings. The number of carbonyl (C=O) groups is 3. The molecule has 1 heterocycles. The number of hydrogen-bond donors (Lipinski definition) is 3. The molecule has 3 N–H and O–H groups in total. The van der Waals surface area contributed by atoms with E-state index in [2.05, 4.69) is 5.32 Å². The SMILES string of the molecule is O=C(O)CCCOc1cccc(COc2cc(C(=O)NCc3ccccc3)cc(-c3ccsc3)c2)c1CCC(=O)O.